The van der Waals surface area contributed by atoms with Gasteiger partial charge in [0.2, 0.25) is 5.91 Å². The van der Waals surface area contributed by atoms with Crippen molar-refractivity contribution in [2.75, 3.05) is 0 Å². The Morgan fingerprint density at radius 3 is 2.48 bits per heavy atom. The van der Waals surface area contributed by atoms with Gasteiger partial charge in [-0.3, -0.25) is 19.7 Å². The molecule has 132 valence electrons. The van der Waals surface area contributed by atoms with Gasteiger partial charge in [0.15, 0.2) is 0 Å². The monoisotopic (exact) mass is 345 g/mol. The summed E-state index contributed by atoms with van der Waals surface area (Å²) in [4.78, 5) is 34.5. The molecule has 0 radical (unpaired) electrons. The minimum atomic E-state index is -0.815. The summed E-state index contributed by atoms with van der Waals surface area (Å²) in [5, 5.41) is 16.0. The molecule has 1 aromatic heterocycles. The molecule has 0 saturated heterocycles. The van der Waals surface area contributed by atoms with Crippen LogP contribution in [0, 0.1) is 17.0 Å². The van der Waals surface area contributed by atoms with Crippen LogP contribution >= 0.6 is 0 Å². The molecule has 0 aliphatic rings. The molecular weight excluding hydrogens is 326 g/mol. The second-order valence-corrected chi connectivity index (χ2v) is 5.68. The topological polar surface area (TPSA) is 114 Å². The first kappa shape index (κ1) is 18.2. The Kier molecular flexibility index (Phi) is 5.53. The predicted molar refractivity (Wildman–Crippen MR) is 90.0 cm³/mol. The molecular formula is C17H19N3O5. The standard InChI is InChI=1S/C17H19N3O5/c1-10-7-8-15(25-10)11(2)18-16(21)12(3)19-17(22)13-5-4-6-14(9-13)20(23)24/h4-9,11-12H,1-3H3,(H,18,21)(H,19,22). The fraction of sp³-hybridized carbons (Fsp3) is 0.294. The molecule has 0 bridgehead atoms. The van der Waals surface area contributed by atoms with Gasteiger partial charge in [-0.05, 0) is 39.0 Å². The lowest BCUT2D eigenvalue weighted by molar-refractivity contribution is -0.384. The number of nitro benzene ring substituents is 1. The molecule has 0 fully saturated rings. The number of nitro groups is 1. The Morgan fingerprint density at radius 2 is 1.88 bits per heavy atom. The lowest BCUT2D eigenvalue weighted by Gasteiger charge is -2.17. The van der Waals surface area contributed by atoms with Crippen LogP contribution in [0.25, 0.3) is 0 Å². The molecule has 2 rings (SSSR count). The van der Waals surface area contributed by atoms with Crippen LogP contribution < -0.4 is 10.6 Å². The zero-order chi connectivity index (χ0) is 18.6. The molecule has 0 saturated carbocycles. The Balaban J connectivity index is 1.97. The SMILES string of the molecule is Cc1ccc(C(C)NC(=O)C(C)NC(=O)c2cccc([N+](=O)[O-])c2)o1. The Hall–Kier alpha value is -3.16. The van der Waals surface area contributed by atoms with E-state index in [1.807, 2.05) is 0 Å². The Morgan fingerprint density at radius 1 is 1.16 bits per heavy atom. The van der Waals surface area contributed by atoms with E-state index in [0.717, 1.165) is 11.8 Å². The summed E-state index contributed by atoms with van der Waals surface area (Å²) in [5.74, 6) is 0.402. The molecule has 2 N–H and O–H groups in total. The molecule has 8 nitrogen and oxygen atoms in total. The van der Waals surface area contributed by atoms with Gasteiger partial charge in [-0.25, -0.2) is 0 Å². The molecule has 2 atom stereocenters. The highest BCUT2D eigenvalue weighted by atomic mass is 16.6. The number of nitrogens with one attached hydrogen (secondary N) is 2. The third-order valence-corrected chi connectivity index (χ3v) is 3.61. The molecule has 2 amide bonds. The summed E-state index contributed by atoms with van der Waals surface area (Å²) in [5.41, 5.74) is -0.0740. The van der Waals surface area contributed by atoms with Crippen molar-refractivity contribution in [2.45, 2.75) is 32.9 Å². The molecule has 8 heteroatoms. The van der Waals surface area contributed by atoms with Gasteiger partial charge in [-0.1, -0.05) is 6.07 Å². The van der Waals surface area contributed by atoms with E-state index in [1.165, 1.54) is 25.1 Å². The average Bonchev–Trinajstić information content (AvgIpc) is 3.01. The largest absolute Gasteiger partial charge is 0.464 e. The van der Waals surface area contributed by atoms with Crippen LogP contribution in [0.5, 0.6) is 0 Å². The first-order valence-electron chi connectivity index (χ1n) is 7.70. The van der Waals surface area contributed by atoms with Crippen LogP contribution in [0.1, 0.15) is 41.8 Å². The summed E-state index contributed by atoms with van der Waals surface area (Å²) in [6.45, 7) is 5.11. The van der Waals surface area contributed by atoms with Crippen LogP contribution in [0.4, 0.5) is 5.69 Å². The van der Waals surface area contributed by atoms with E-state index in [2.05, 4.69) is 10.6 Å². The quantitative estimate of drug-likeness (QED) is 0.616. The molecule has 0 spiro atoms. The van der Waals surface area contributed by atoms with E-state index in [-0.39, 0.29) is 23.2 Å². The van der Waals surface area contributed by atoms with Crippen molar-refractivity contribution in [1.82, 2.24) is 10.6 Å². The van der Waals surface area contributed by atoms with Crippen LogP contribution in [0.2, 0.25) is 0 Å². The zero-order valence-corrected chi connectivity index (χ0v) is 14.1. The number of carbonyl (C=O) groups excluding carboxylic acids is 2. The number of carbonyl (C=O) groups is 2. The molecule has 1 aromatic carbocycles. The lowest BCUT2D eigenvalue weighted by atomic mass is 10.1. The highest BCUT2D eigenvalue weighted by Crippen LogP contribution is 2.16. The number of rotatable bonds is 6. The van der Waals surface area contributed by atoms with Gasteiger partial charge in [0, 0.05) is 17.7 Å². The van der Waals surface area contributed by atoms with Crippen LogP contribution in [-0.4, -0.2) is 22.8 Å². The molecule has 1 heterocycles. The number of nitrogens with zero attached hydrogens (tertiary/aromatic N) is 1. The van der Waals surface area contributed by atoms with Gasteiger partial charge in [-0.2, -0.15) is 0 Å². The van der Waals surface area contributed by atoms with Crippen LogP contribution in [0.3, 0.4) is 0 Å². The highest BCUT2D eigenvalue weighted by Gasteiger charge is 2.21. The first-order valence-corrected chi connectivity index (χ1v) is 7.70. The summed E-state index contributed by atoms with van der Waals surface area (Å²) in [6.07, 6.45) is 0. The van der Waals surface area contributed by atoms with Gasteiger partial charge >= 0.3 is 0 Å². The first-order chi connectivity index (χ1) is 11.8. The van der Waals surface area contributed by atoms with Crippen molar-refractivity contribution in [3.8, 4) is 0 Å². The third-order valence-electron chi connectivity index (χ3n) is 3.61. The molecule has 0 aliphatic carbocycles. The number of hydrogen-bond donors (Lipinski definition) is 2. The van der Waals surface area contributed by atoms with Gasteiger partial charge in [-0.15, -0.1) is 0 Å². The van der Waals surface area contributed by atoms with Gasteiger partial charge in [0.1, 0.15) is 17.6 Å². The Bertz CT molecular complexity index is 799. The van der Waals surface area contributed by atoms with E-state index in [4.69, 9.17) is 4.42 Å². The fourth-order valence-electron chi connectivity index (χ4n) is 2.20. The molecule has 2 unspecified atom stereocenters. The van der Waals surface area contributed by atoms with Crippen molar-refractivity contribution in [1.29, 1.82) is 0 Å². The lowest BCUT2D eigenvalue weighted by Crippen LogP contribution is -2.45. The normalized spacial score (nSPS) is 12.9. The third kappa shape index (κ3) is 4.66. The van der Waals surface area contributed by atoms with Crippen LogP contribution in [-0.2, 0) is 4.79 Å². The van der Waals surface area contributed by atoms with E-state index >= 15 is 0 Å². The smallest absolute Gasteiger partial charge is 0.270 e. The summed E-state index contributed by atoms with van der Waals surface area (Å²) in [7, 11) is 0. The fourth-order valence-corrected chi connectivity index (χ4v) is 2.20. The minimum Gasteiger partial charge on any atom is -0.464 e. The number of amides is 2. The maximum Gasteiger partial charge on any atom is 0.270 e. The predicted octanol–water partition coefficient (Wildman–Crippen LogP) is 2.49. The van der Waals surface area contributed by atoms with Crippen molar-refractivity contribution >= 4 is 17.5 Å². The second-order valence-electron chi connectivity index (χ2n) is 5.68. The Labute approximate surface area is 144 Å². The van der Waals surface area contributed by atoms with Crippen molar-refractivity contribution < 1.29 is 18.9 Å². The van der Waals surface area contributed by atoms with Crippen molar-refractivity contribution in [2.24, 2.45) is 0 Å². The summed E-state index contributed by atoms with van der Waals surface area (Å²) >= 11 is 0. The molecule has 25 heavy (non-hydrogen) atoms. The average molecular weight is 345 g/mol. The number of benzene rings is 1. The highest BCUT2D eigenvalue weighted by molar-refractivity contribution is 5.97. The maximum atomic E-state index is 12.2. The van der Waals surface area contributed by atoms with E-state index in [1.54, 1.807) is 26.0 Å². The molecule has 0 aliphatic heterocycles. The second kappa shape index (κ2) is 7.61. The van der Waals surface area contributed by atoms with Gasteiger partial charge in [0.05, 0.1) is 11.0 Å². The van der Waals surface area contributed by atoms with Crippen molar-refractivity contribution in [3.05, 3.63) is 63.6 Å². The van der Waals surface area contributed by atoms with E-state index in [0.29, 0.717) is 5.76 Å². The summed E-state index contributed by atoms with van der Waals surface area (Å²) < 4.78 is 5.45. The summed E-state index contributed by atoms with van der Waals surface area (Å²) in [6, 6.07) is 7.72. The zero-order valence-electron chi connectivity index (χ0n) is 14.1. The van der Waals surface area contributed by atoms with Crippen LogP contribution in [0.15, 0.2) is 40.8 Å². The van der Waals surface area contributed by atoms with E-state index < -0.39 is 16.9 Å². The van der Waals surface area contributed by atoms with Gasteiger partial charge in [0.25, 0.3) is 11.6 Å². The number of non-ortho nitro benzene ring substituents is 1. The minimum absolute atomic E-state index is 0.114. The number of aryl methyl sites for hydroxylation is 1. The maximum absolute atomic E-state index is 12.2. The van der Waals surface area contributed by atoms with Gasteiger partial charge < -0.3 is 15.1 Å². The number of hydrogen-bond acceptors (Lipinski definition) is 5. The van der Waals surface area contributed by atoms with E-state index in [9.17, 15) is 19.7 Å². The molecule has 2 aromatic rings. The van der Waals surface area contributed by atoms with Crippen molar-refractivity contribution in [3.63, 3.8) is 0 Å². The number of furan rings is 1.